The van der Waals surface area contributed by atoms with Gasteiger partial charge in [0.25, 0.3) is 0 Å². The van der Waals surface area contributed by atoms with E-state index in [0.29, 0.717) is 0 Å². The van der Waals surface area contributed by atoms with Crippen molar-refractivity contribution in [1.29, 1.82) is 0 Å². The average molecular weight is 122 g/mol. The van der Waals surface area contributed by atoms with Gasteiger partial charge in [-0.2, -0.15) is 0 Å². The minimum atomic E-state index is 0.954. The summed E-state index contributed by atoms with van der Waals surface area (Å²) in [6.45, 7) is 5.77. The first kappa shape index (κ1) is 6.40. The van der Waals surface area contributed by atoms with Crippen LogP contribution in [0.15, 0.2) is 10.5 Å². The van der Waals surface area contributed by atoms with Crippen LogP contribution < -0.4 is 0 Å². The molecule has 0 N–H and O–H groups in total. The van der Waals surface area contributed by atoms with E-state index in [2.05, 4.69) is 6.42 Å². The summed E-state index contributed by atoms with van der Waals surface area (Å²) >= 11 is 0. The van der Waals surface area contributed by atoms with Crippen LogP contribution in [0.25, 0.3) is 0 Å². The van der Waals surface area contributed by atoms with Crippen molar-refractivity contribution in [2.75, 3.05) is 0 Å². The zero-order valence-corrected chi connectivity index (χ0v) is 5.99. The average Bonchev–Trinajstić information content (AvgIpc) is 2.10. The van der Waals surface area contributed by atoms with Gasteiger partial charge in [-0.15, -0.1) is 0 Å². The molecule has 0 aromatic carbocycles. The van der Waals surface area contributed by atoms with Crippen LogP contribution in [-0.4, -0.2) is 0 Å². The summed E-state index contributed by atoms with van der Waals surface area (Å²) in [5.74, 6) is 1.91. The fourth-order valence-electron chi connectivity index (χ4n) is 0.879. The highest BCUT2D eigenvalue weighted by Crippen LogP contribution is 2.14. The maximum absolute atomic E-state index is 5.24. The van der Waals surface area contributed by atoms with Gasteiger partial charge in [-0.25, -0.2) is 0 Å². The summed E-state index contributed by atoms with van der Waals surface area (Å²) in [5.41, 5.74) is 1.08. The Morgan fingerprint density at radius 3 is 2.33 bits per heavy atom. The molecule has 0 aliphatic heterocycles. The van der Waals surface area contributed by atoms with E-state index in [1.165, 1.54) is 0 Å². The minimum Gasteiger partial charge on any atom is -0.466 e. The largest absolute Gasteiger partial charge is 0.466 e. The lowest BCUT2D eigenvalue weighted by Gasteiger charge is -1.85. The van der Waals surface area contributed by atoms with E-state index in [4.69, 9.17) is 4.42 Å². The monoisotopic (exact) mass is 122 g/mol. The Morgan fingerprint density at radius 2 is 2.11 bits per heavy atom. The second-order valence-corrected chi connectivity index (χ2v) is 2.08. The van der Waals surface area contributed by atoms with Crippen LogP contribution in [0.3, 0.4) is 0 Å². The maximum atomic E-state index is 5.24. The summed E-state index contributed by atoms with van der Waals surface area (Å²) in [7, 11) is 0. The Labute approximate surface area is 55.7 Å². The quantitative estimate of drug-likeness (QED) is 0.557. The standard InChI is InChI=1S/C8H10O/c1-4-8-5-6(2)9-7(8)3/h5H,1-3H3. The summed E-state index contributed by atoms with van der Waals surface area (Å²) in [4.78, 5) is 0. The molecule has 0 saturated heterocycles. The second-order valence-electron chi connectivity index (χ2n) is 2.08. The molecule has 1 rings (SSSR count). The van der Waals surface area contributed by atoms with Crippen molar-refractivity contribution >= 4 is 0 Å². The molecule has 0 atom stereocenters. The number of rotatable bonds is 1. The van der Waals surface area contributed by atoms with E-state index in [-0.39, 0.29) is 0 Å². The van der Waals surface area contributed by atoms with Crippen molar-refractivity contribution in [3.63, 3.8) is 0 Å². The van der Waals surface area contributed by atoms with Gasteiger partial charge in [0.05, 0.1) is 0 Å². The SMILES string of the molecule is C[C]c1cc(C)oc1C. The second kappa shape index (κ2) is 2.26. The predicted octanol–water partition coefficient (Wildman–Crippen LogP) is 2.35. The summed E-state index contributed by atoms with van der Waals surface area (Å²) in [5, 5.41) is 0. The Bertz CT molecular complexity index is 198. The Hall–Kier alpha value is -0.720. The Morgan fingerprint density at radius 1 is 1.44 bits per heavy atom. The van der Waals surface area contributed by atoms with Crippen LogP contribution >= 0.6 is 0 Å². The first-order valence-electron chi connectivity index (χ1n) is 2.99. The van der Waals surface area contributed by atoms with Crippen LogP contribution in [0.2, 0.25) is 0 Å². The lowest BCUT2D eigenvalue weighted by Crippen LogP contribution is -1.72. The molecule has 1 nitrogen and oxygen atoms in total. The molecule has 0 aliphatic carbocycles. The third-order valence-corrected chi connectivity index (χ3v) is 1.31. The highest BCUT2D eigenvalue weighted by molar-refractivity contribution is 5.26. The molecule has 1 heteroatoms. The molecule has 0 spiro atoms. The summed E-state index contributed by atoms with van der Waals surface area (Å²) in [6, 6.07) is 1.98. The van der Waals surface area contributed by atoms with Gasteiger partial charge < -0.3 is 4.42 Å². The van der Waals surface area contributed by atoms with Crippen LogP contribution in [0.5, 0.6) is 0 Å². The molecule has 1 aromatic heterocycles. The summed E-state index contributed by atoms with van der Waals surface area (Å²) in [6.07, 6.45) is 3.02. The lowest BCUT2D eigenvalue weighted by molar-refractivity contribution is 0.503. The molecule has 0 saturated carbocycles. The number of hydrogen-bond donors (Lipinski definition) is 0. The van der Waals surface area contributed by atoms with E-state index >= 15 is 0 Å². The number of furan rings is 1. The van der Waals surface area contributed by atoms with Crippen LogP contribution in [0.4, 0.5) is 0 Å². The van der Waals surface area contributed by atoms with Crippen molar-refractivity contribution in [3.8, 4) is 0 Å². The van der Waals surface area contributed by atoms with E-state index in [9.17, 15) is 0 Å². The van der Waals surface area contributed by atoms with Crippen molar-refractivity contribution in [2.24, 2.45) is 0 Å². The fraction of sp³-hybridized carbons (Fsp3) is 0.375. The smallest absolute Gasteiger partial charge is 0.104 e. The van der Waals surface area contributed by atoms with Crippen LogP contribution in [0, 0.1) is 20.3 Å². The maximum Gasteiger partial charge on any atom is 0.104 e. The van der Waals surface area contributed by atoms with E-state index < -0.39 is 0 Å². The highest BCUT2D eigenvalue weighted by atomic mass is 16.3. The third-order valence-electron chi connectivity index (χ3n) is 1.31. The summed E-state index contributed by atoms with van der Waals surface area (Å²) < 4.78 is 5.24. The Kier molecular flexibility index (Phi) is 1.60. The molecule has 0 bridgehead atoms. The minimum absolute atomic E-state index is 0.954. The normalized spacial score (nSPS) is 10.1. The number of aryl methyl sites for hydroxylation is 2. The topological polar surface area (TPSA) is 13.1 Å². The molecule has 0 unspecified atom stereocenters. The van der Waals surface area contributed by atoms with Crippen molar-refractivity contribution in [3.05, 3.63) is 29.6 Å². The molecule has 0 amide bonds. The fourth-order valence-corrected chi connectivity index (χ4v) is 0.879. The zero-order valence-electron chi connectivity index (χ0n) is 5.99. The molecule has 1 heterocycles. The Balaban J connectivity index is 3.01. The van der Waals surface area contributed by atoms with Gasteiger partial charge in [0.15, 0.2) is 0 Å². The van der Waals surface area contributed by atoms with Gasteiger partial charge in [-0.05, 0) is 19.9 Å². The van der Waals surface area contributed by atoms with Gasteiger partial charge in [-0.1, -0.05) is 6.92 Å². The molecular weight excluding hydrogens is 112 g/mol. The first-order chi connectivity index (χ1) is 4.24. The van der Waals surface area contributed by atoms with E-state index in [0.717, 1.165) is 17.1 Å². The zero-order chi connectivity index (χ0) is 6.85. The van der Waals surface area contributed by atoms with Gasteiger partial charge in [0.1, 0.15) is 11.5 Å². The molecule has 0 aliphatic rings. The van der Waals surface area contributed by atoms with Crippen molar-refractivity contribution in [1.82, 2.24) is 0 Å². The highest BCUT2D eigenvalue weighted by Gasteiger charge is 2.00. The first-order valence-corrected chi connectivity index (χ1v) is 2.99. The van der Waals surface area contributed by atoms with Crippen molar-refractivity contribution < 1.29 is 4.42 Å². The van der Waals surface area contributed by atoms with E-state index in [1.807, 2.05) is 26.8 Å². The van der Waals surface area contributed by atoms with Crippen LogP contribution in [-0.2, 0) is 0 Å². The van der Waals surface area contributed by atoms with Crippen molar-refractivity contribution in [2.45, 2.75) is 20.8 Å². The van der Waals surface area contributed by atoms with Crippen LogP contribution in [0.1, 0.15) is 24.0 Å². The molecule has 2 radical (unpaired) electrons. The number of hydrogen-bond acceptors (Lipinski definition) is 1. The van der Waals surface area contributed by atoms with Gasteiger partial charge in [0.2, 0.25) is 0 Å². The lowest BCUT2D eigenvalue weighted by atomic mass is 10.2. The molecular formula is C8H10O. The van der Waals surface area contributed by atoms with Gasteiger partial charge in [-0.3, -0.25) is 0 Å². The van der Waals surface area contributed by atoms with Gasteiger partial charge in [0, 0.05) is 12.0 Å². The predicted molar refractivity (Wildman–Crippen MR) is 36.2 cm³/mol. The third kappa shape index (κ3) is 1.15. The molecule has 1 aromatic rings. The van der Waals surface area contributed by atoms with E-state index in [1.54, 1.807) is 0 Å². The molecule has 0 fully saturated rings. The molecule has 9 heavy (non-hydrogen) atoms. The molecule has 48 valence electrons. The van der Waals surface area contributed by atoms with Gasteiger partial charge >= 0.3 is 0 Å².